The van der Waals surface area contributed by atoms with E-state index in [1.54, 1.807) is 52.0 Å². The summed E-state index contributed by atoms with van der Waals surface area (Å²) in [6.45, 7) is 5.65. The van der Waals surface area contributed by atoms with Gasteiger partial charge in [0.25, 0.3) is 5.91 Å². The second kappa shape index (κ2) is 9.55. The average Bonchev–Trinajstić information content (AvgIpc) is 3.65. The Morgan fingerprint density at radius 1 is 1.11 bits per heavy atom. The van der Waals surface area contributed by atoms with Gasteiger partial charge in [-0.25, -0.2) is 9.59 Å². The van der Waals surface area contributed by atoms with Crippen molar-refractivity contribution in [2.45, 2.75) is 69.8 Å². The van der Waals surface area contributed by atoms with Crippen molar-refractivity contribution < 1.29 is 33.7 Å². The SMILES string of the molecule is COc1cc(CN(C(=O)C23CC=CC(CN(C(=O)OC(C)(C)C)C2)N3C(=O)O)C2CC2)cc(OC)c1. The summed E-state index contributed by atoms with van der Waals surface area (Å²) < 4.78 is 16.4. The quantitative estimate of drug-likeness (QED) is 0.595. The molecule has 1 saturated carbocycles. The maximum Gasteiger partial charge on any atom is 0.410 e. The lowest BCUT2D eigenvalue weighted by Crippen LogP contribution is -2.74. The lowest BCUT2D eigenvalue weighted by atomic mass is 9.82. The summed E-state index contributed by atoms with van der Waals surface area (Å²) in [6.07, 6.45) is 3.73. The van der Waals surface area contributed by atoms with Gasteiger partial charge in [0.05, 0.1) is 26.8 Å². The molecule has 36 heavy (non-hydrogen) atoms. The lowest BCUT2D eigenvalue weighted by Gasteiger charge is -2.54. The van der Waals surface area contributed by atoms with E-state index in [1.165, 1.54) is 9.80 Å². The zero-order valence-corrected chi connectivity index (χ0v) is 21.5. The number of methoxy groups -OCH3 is 2. The Balaban J connectivity index is 1.69. The molecule has 0 spiro atoms. The minimum absolute atomic E-state index is 0.000903. The first kappa shape index (κ1) is 25.7. The molecule has 0 radical (unpaired) electrons. The molecule has 2 fully saturated rings. The van der Waals surface area contributed by atoms with E-state index in [9.17, 15) is 19.5 Å². The molecule has 1 aromatic carbocycles. The number of carbonyl (C=O) groups is 3. The van der Waals surface area contributed by atoms with E-state index < -0.39 is 29.4 Å². The molecule has 10 nitrogen and oxygen atoms in total. The molecule has 10 heteroatoms. The van der Waals surface area contributed by atoms with Gasteiger partial charge in [0.15, 0.2) is 0 Å². The number of nitrogens with zero attached hydrogens (tertiary/aromatic N) is 3. The number of carbonyl (C=O) groups excluding carboxylic acids is 2. The van der Waals surface area contributed by atoms with Crippen molar-refractivity contribution in [1.29, 1.82) is 0 Å². The highest BCUT2D eigenvalue weighted by Crippen LogP contribution is 2.40. The van der Waals surface area contributed by atoms with Gasteiger partial charge in [-0.2, -0.15) is 0 Å². The molecule has 196 valence electrons. The minimum Gasteiger partial charge on any atom is -0.497 e. The van der Waals surface area contributed by atoms with Crippen molar-refractivity contribution in [3.05, 3.63) is 35.9 Å². The predicted octanol–water partition coefficient (Wildman–Crippen LogP) is 3.49. The van der Waals surface area contributed by atoms with Crippen LogP contribution in [0.5, 0.6) is 11.5 Å². The molecule has 2 heterocycles. The van der Waals surface area contributed by atoms with Crippen LogP contribution in [0.3, 0.4) is 0 Å². The monoisotopic (exact) mass is 501 g/mol. The first-order chi connectivity index (χ1) is 17.0. The van der Waals surface area contributed by atoms with Gasteiger partial charge < -0.3 is 29.1 Å². The van der Waals surface area contributed by atoms with Crippen LogP contribution in [0.25, 0.3) is 0 Å². The van der Waals surface area contributed by atoms with Gasteiger partial charge in [0, 0.05) is 25.2 Å². The van der Waals surface area contributed by atoms with Crippen LogP contribution in [0.1, 0.15) is 45.6 Å². The number of ether oxygens (including phenoxy) is 3. The summed E-state index contributed by atoms with van der Waals surface area (Å²) in [5, 5.41) is 10.2. The Bertz CT molecular complexity index is 1040. The van der Waals surface area contributed by atoms with E-state index in [0.29, 0.717) is 11.5 Å². The number of fused-ring (bicyclic) bond motifs is 2. The normalized spacial score (nSPS) is 23.2. The second-order valence-electron chi connectivity index (χ2n) is 10.6. The fourth-order valence-electron chi connectivity index (χ4n) is 5.03. The highest BCUT2D eigenvalue weighted by Gasteiger charge is 2.58. The summed E-state index contributed by atoms with van der Waals surface area (Å²) in [5.41, 5.74) is -1.34. The number of hydrogen-bond donors (Lipinski definition) is 1. The number of carboxylic acid groups (broad SMARTS) is 1. The predicted molar refractivity (Wildman–Crippen MR) is 131 cm³/mol. The summed E-state index contributed by atoms with van der Waals surface area (Å²) in [7, 11) is 3.13. The zero-order valence-electron chi connectivity index (χ0n) is 21.5. The second-order valence-corrected chi connectivity index (χ2v) is 10.6. The van der Waals surface area contributed by atoms with Gasteiger partial charge in [-0.1, -0.05) is 12.2 Å². The average molecular weight is 502 g/mol. The van der Waals surface area contributed by atoms with Crippen molar-refractivity contribution in [3.8, 4) is 11.5 Å². The van der Waals surface area contributed by atoms with E-state index in [1.807, 2.05) is 18.2 Å². The van der Waals surface area contributed by atoms with E-state index in [4.69, 9.17) is 14.2 Å². The van der Waals surface area contributed by atoms with Crippen LogP contribution in [0.4, 0.5) is 9.59 Å². The first-order valence-electron chi connectivity index (χ1n) is 12.2. The number of benzene rings is 1. The van der Waals surface area contributed by atoms with Crippen LogP contribution < -0.4 is 9.47 Å². The molecule has 1 saturated heterocycles. The maximum absolute atomic E-state index is 14.3. The number of rotatable bonds is 6. The van der Waals surface area contributed by atoms with E-state index in [2.05, 4.69) is 0 Å². The highest BCUT2D eigenvalue weighted by molar-refractivity contribution is 5.92. The molecule has 2 atom stereocenters. The lowest BCUT2D eigenvalue weighted by molar-refractivity contribution is -0.151. The number of piperazine rings is 1. The third-order valence-corrected chi connectivity index (χ3v) is 6.73. The molecule has 3 aliphatic rings. The topological polar surface area (TPSA) is 109 Å². The van der Waals surface area contributed by atoms with Gasteiger partial charge >= 0.3 is 12.2 Å². The zero-order chi connectivity index (χ0) is 26.3. The highest BCUT2D eigenvalue weighted by atomic mass is 16.6. The minimum atomic E-state index is -1.44. The van der Waals surface area contributed by atoms with Gasteiger partial charge in [-0.15, -0.1) is 0 Å². The summed E-state index contributed by atoms with van der Waals surface area (Å²) in [4.78, 5) is 44.3. The Morgan fingerprint density at radius 2 is 1.75 bits per heavy atom. The van der Waals surface area contributed by atoms with Gasteiger partial charge in [0.2, 0.25) is 0 Å². The van der Waals surface area contributed by atoms with Crippen LogP contribution in [-0.4, -0.2) is 88.4 Å². The largest absolute Gasteiger partial charge is 0.497 e. The molecule has 1 aromatic rings. The van der Waals surface area contributed by atoms with Crippen LogP contribution >= 0.6 is 0 Å². The van der Waals surface area contributed by atoms with Crippen molar-refractivity contribution >= 4 is 18.1 Å². The van der Waals surface area contributed by atoms with Crippen molar-refractivity contribution in [2.24, 2.45) is 0 Å². The smallest absolute Gasteiger partial charge is 0.410 e. The summed E-state index contributed by atoms with van der Waals surface area (Å²) in [6, 6.07) is 4.80. The molecule has 2 unspecified atom stereocenters. The molecule has 2 bridgehead atoms. The summed E-state index contributed by atoms with van der Waals surface area (Å²) >= 11 is 0. The van der Waals surface area contributed by atoms with Crippen molar-refractivity contribution in [1.82, 2.24) is 14.7 Å². The van der Waals surface area contributed by atoms with E-state index in [0.717, 1.165) is 18.4 Å². The molecule has 3 amide bonds. The molecule has 1 aliphatic carbocycles. The Morgan fingerprint density at radius 3 is 2.28 bits per heavy atom. The molecular weight excluding hydrogens is 466 g/mol. The molecule has 1 N–H and O–H groups in total. The maximum atomic E-state index is 14.3. The molecule has 4 rings (SSSR count). The summed E-state index contributed by atoms with van der Waals surface area (Å²) in [5.74, 6) is 0.899. The first-order valence-corrected chi connectivity index (χ1v) is 12.2. The van der Waals surface area contributed by atoms with Crippen molar-refractivity contribution in [3.63, 3.8) is 0 Å². The van der Waals surface area contributed by atoms with E-state index >= 15 is 0 Å². The number of hydrogen-bond acceptors (Lipinski definition) is 6. The van der Waals surface area contributed by atoms with Crippen LogP contribution in [0, 0.1) is 0 Å². The molecule has 0 aromatic heterocycles. The van der Waals surface area contributed by atoms with Crippen LogP contribution in [-0.2, 0) is 16.1 Å². The van der Waals surface area contributed by atoms with Crippen LogP contribution in [0.15, 0.2) is 30.4 Å². The fourth-order valence-corrected chi connectivity index (χ4v) is 5.03. The standard InChI is InChI=1S/C26H35N3O7/c1-25(2,3)36-24(33)27-15-19-7-6-10-26(16-27,29(19)23(31)32)22(30)28(18-8-9-18)14-17-11-20(34-4)13-21(12-17)35-5/h6-7,11-13,18-19H,8-10,14-16H2,1-5H3,(H,31,32). The third kappa shape index (κ3) is 5.08. The molecular formula is C26H35N3O7. The fraction of sp³-hybridized carbons (Fsp3) is 0.577. The Labute approximate surface area is 211 Å². The van der Waals surface area contributed by atoms with Crippen LogP contribution in [0.2, 0.25) is 0 Å². The Hall–Kier alpha value is -3.43. The van der Waals surface area contributed by atoms with Gasteiger partial charge in [-0.3, -0.25) is 9.69 Å². The van der Waals surface area contributed by atoms with E-state index in [-0.39, 0.29) is 38.0 Å². The van der Waals surface area contributed by atoms with Gasteiger partial charge in [0.1, 0.15) is 22.6 Å². The van der Waals surface area contributed by atoms with Crippen molar-refractivity contribution in [2.75, 3.05) is 27.3 Å². The Kier molecular flexibility index (Phi) is 6.81. The molecule has 2 aliphatic heterocycles. The van der Waals surface area contributed by atoms with Gasteiger partial charge in [-0.05, 0) is 57.7 Å². The third-order valence-electron chi connectivity index (χ3n) is 6.73. The number of amides is 3.